The zero-order valence-corrected chi connectivity index (χ0v) is 11.4. The molecular formula is C13H15ClN2O3. The van der Waals surface area contributed by atoms with Crippen LogP contribution in [0.4, 0.5) is 0 Å². The number of rotatable bonds is 3. The van der Waals surface area contributed by atoms with Gasteiger partial charge in [-0.05, 0) is 17.7 Å². The normalized spacial score (nSPS) is 17.7. The summed E-state index contributed by atoms with van der Waals surface area (Å²) in [6, 6.07) is 5.08. The smallest absolute Gasteiger partial charge is 0.176 e. The van der Waals surface area contributed by atoms with Crippen LogP contribution in [-0.4, -0.2) is 43.4 Å². The number of hydrogen-bond acceptors (Lipinski definition) is 5. The van der Waals surface area contributed by atoms with Crippen LogP contribution in [-0.2, 0) is 4.74 Å². The summed E-state index contributed by atoms with van der Waals surface area (Å²) in [7, 11) is 1.45. The molecule has 1 aliphatic heterocycles. The molecule has 1 aliphatic rings. The van der Waals surface area contributed by atoms with Gasteiger partial charge in [0.25, 0.3) is 0 Å². The average Bonchev–Trinajstić information content (AvgIpc) is 2.44. The van der Waals surface area contributed by atoms with Crippen molar-refractivity contribution in [2.75, 3.05) is 33.4 Å². The van der Waals surface area contributed by atoms with Crippen molar-refractivity contribution in [1.29, 1.82) is 5.26 Å². The largest absolute Gasteiger partial charge is 0.503 e. The van der Waals surface area contributed by atoms with E-state index in [4.69, 9.17) is 21.1 Å². The van der Waals surface area contributed by atoms with Gasteiger partial charge in [-0.2, -0.15) is 5.26 Å². The van der Waals surface area contributed by atoms with Crippen LogP contribution in [0.3, 0.4) is 0 Å². The SMILES string of the molecule is COc1cc([C@H](C#N)N2CCOCC2)cc(Cl)c1O. The first-order valence-corrected chi connectivity index (χ1v) is 6.33. The monoisotopic (exact) mass is 282 g/mol. The van der Waals surface area contributed by atoms with Crippen molar-refractivity contribution in [2.24, 2.45) is 0 Å². The van der Waals surface area contributed by atoms with E-state index in [2.05, 4.69) is 6.07 Å². The minimum absolute atomic E-state index is 0.105. The summed E-state index contributed by atoms with van der Waals surface area (Å²) in [5.74, 6) is 0.169. The maximum atomic E-state index is 9.71. The molecule has 0 amide bonds. The second-order valence-electron chi connectivity index (χ2n) is 4.23. The molecule has 102 valence electrons. The Bertz CT molecular complexity index is 495. The Kier molecular flexibility index (Phi) is 4.48. The number of ether oxygens (including phenoxy) is 2. The van der Waals surface area contributed by atoms with Gasteiger partial charge >= 0.3 is 0 Å². The molecule has 0 spiro atoms. The molecule has 19 heavy (non-hydrogen) atoms. The lowest BCUT2D eigenvalue weighted by atomic mass is 10.1. The van der Waals surface area contributed by atoms with Gasteiger partial charge in [0.15, 0.2) is 11.5 Å². The van der Waals surface area contributed by atoms with Crippen molar-refractivity contribution in [1.82, 2.24) is 4.90 Å². The molecule has 1 saturated heterocycles. The molecule has 0 aliphatic carbocycles. The van der Waals surface area contributed by atoms with Gasteiger partial charge in [0, 0.05) is 13.1 Å². The van der Waals surface area contributed by atoms with Crippen molar-refractivity contribution in [3.63, 3.8) is 0 Å². The summed E-state index contributed by atoms with van der Waals surface area (Å²) >= 11 is 5.96. The number of methoxy groups -OCH3 is 1. The minimum Gasteiger partial charge on any atom is -0.503 e. The van der Waals surface area contributed by atoms with Crippen LogP contribution >= 0.6 is 11.6 Å². The number of aromatic hydroxyl groups is 1. The van der Waals surface area contributed by atoms with Crippen LogP contribution < -0.4 is 4.74 Å². The molecule has 5 nitrogen and oxygen atoms in total. The highest BCUT2D eigenvalue weighted by atomic mass is 35.5. The Morgan fingerprint density at radius 3 is 2.74 bits per heavy atom. The summed E-state index contributed by atoms with van der Waals surface area (Å²) < 4.78 is 10.3. The number of phenols is 1. The molecule has 1 fully saturated rings. The fourth-order valence-electron chi connectivity index (χ4n) is 2.11. The number of halogens is 1. The predicted octanol–water partition coefficient (Wildman–Crippen LogP) is 1.95. The van der Waals surface area contributed by atoms with E-state index < -0.39 is 6.04 Å². The lowest BCUT2D eigenvalue weighted by Crippen LogP contribution is -2.38. The van der Waals surface area contributed by atoms with E-state index in [1.807, 2.05) is 4.90 Å². The molecule has 2 rings (SSSR count). The maximum Gasteiger partial charge on any atom is 0.176 e. The van der Waals surface area contributed by atoms with Crippen molar-refractivity contribution >= 4 is 11.6 Å². The summed E-state index contributed by atoms with van der Waals surface area (Å²) in [5.41, 5.74) is 0.712. The average molecular weight is 283 g/mol. The van der Waals surface area contributed by atoms with Crippen molar-refractivity contribution < 1.29 is 14.6 Å². The lowest BCUT2D eigenvalue weighted by molar-refractivity contribution is 0.0266. The van der Waals surface area contributed by atoms with Crippen LogP contribution in [0, 0.1) is 11.3 Å². The van der Waals surface area contributed by atoms with E-state index in [0.717, 1.165) is 0 Å². The molecular weight excluding hydrogens is 268 g/mol. The van der Waals surface area contributed by atoms with Crippen LogP contribution in [0.25, 0.3) is 0 Å². The first kappa shape index (κ1) is 13.9. The van der Waals surface area contributed by atoms with Crippen LogP contribution in [0.1, 0.15) is 11.6 Å². The Hall–Kier alpha value is -1.48. The Morgan fingerprint density at radius 1 is 1.47 bits per heavy atom. The zero-order chi connectivity index (χ0) is 13.8. The summed E-state index contributed by atoms with van der Waals surface area (Å²) in [6.45, 7) is 2.61. The van der Waals surface area contributed by atoms with Crippen molar-refractivity contribution in [3.8, 4) is 17.6 Å². The molecule has 0 bridgehead atoms. The number of nitriles is 1. The lowest BCUT2D eigenvalue weighted by Gasteiger charge is -2.30. The van der Waals surface area contributed by atoms with Crippen LogP contribution in [0.15, 0.2) is 12.1 Å². The van der Waals surface area contributed by atoms with E-state index in [1.165, 1.54) is 7.11 Å². The zero-order valence-electron chi connectivity index (χ0n) is 10.6. The van der Waals surface area contributed by atoms with E-state index in [0.29, 0.717) is 31.9 Å². The maximum absolute atomic E-state index is 9.71. The first-order valence-electron chi connectivity index (χ1n) is 5.95. The minimum atomic E-state index is -0.420. The van der Waals surface area contributed by atoms with Crippen molar-refractivity contribution in [2.45, 2.75) is 6.04 Å². The third-order valence-corrected chi connectivity index (χ3v) is 3.41. The third kappa shape index (κ3) is 2.92. The van der Waals surface area contributed by atoms with Gasteiger partial charge in [-0.25, -0.2) is 0 Å². The summed E-state index contributed by atoms with van der Waals surface area (Å²) in [6.07, 6.45) is 0. The van der Waals surface area contributed by atoms with Gasteiger partial charge in [-0.15, -0.1) is 0 Å². The number of nitrogens with zero attached hydrogens (tertiary/aromatic N) is 2. The topological polar surface area (TPSA) is 65.7 Å². The second kappa shape index (κ2) is 6.11. The first-order chi connectivity index (χ1) is 9.17. The molecule has 1 aromatic rings. The van der Waals surface area contributed by atoms with E-state index in [-0.39, 0.29) is 16.5 Å². The number of morpholine rings is 1. The van der Waals surface area contributed by atoms with Crippen LogP contribution in [0.2, 0.25) is 5.02 Å². The number of benzene rings is 1. The molecule has 0 aromatic heterocycles. The highest BCUT2D eigenvalue weighted by Gasteiger charge is 2.24. The number of phenolic OH excluding ortho intramolecular Hbond substituents is 1. The van der Waals surface area contributed by atoms with E-state index in [9.17, 15) is 10.4 Å². The quantitative estimate of drug-likeness (QED) is 0.918. The van der Waals surface area contributed by atoms with Gasteiger partial charge in [0.05, 0.1) is 31.4 Å². The van der Waals surface area contributed by atoms with Gasteiger partial charge < -0.3 is 14.6 Å². The van der Waals surface area contributed by atoms with Gasteiger partial charge in [0.1, 0.15) is 6.04 Å². The van der Waals surface area contributed by atoms with Crippen molar-refractivity contribution in [3.05, 3.63) is 22.7 Å². The Balaban J connectivity index is 2.33. The highest BCUT2D eigenvalue weighted by Crippen LogP contribution is 2.37. The Morgan fingerprint density at radius 2 is 2.16 bits per heavy atom. The second-order valence-corrected chi connectivity index (χ2v) is 4.64. The molecule has 1 atom stereocenters. The van der Waals surface area contributed by atoms with Gasteiger partial charge in [-0.1, -0.05) is 11.6 Å². The van der Waals surface area contributed by atoms with E-state index >= 15 is 0 Å². The Labute approximate surface area is 116 Å². The molecule has 0 radical (unpaired) electrons. The molecule has 1 heterocycles. The number of hydrogen-bond donors (Lipinski definition) is 1. The van der Waals surface area contributed by atoms with E-state index in [1.54, 1.807) is 12.1 Å². The van der Waals surface area contributed by atoms with Gasteiger partial charge in [-0.3, -0.25) is 4.90 Å². The standard InChI is InChI=1S/C13H15ClN2O3/c1-18-12-7-9(6-10(14)13(12)17)11(8-15)16-2-4-19-5-3-16/h6-7,11,17H,2-5H2,1H3/t11-/m0/s1. The predicted molar refractivity (Wildman–Crippen MR) is 70.4 cm³/mol. The fraction of sp³-hybridized carbons (Fsp3) is 0.462. The molecule has 1 aromatic carbocycles. The van der Waals surface area contributed by atoms with Gasteiger partial charge in [0.2, 0.25) is 0 Å². The summed E-state index contributed by atoms with van der Waals surface area (Å²) in [4.78, 5) is 2.02. The fourth-order valence-corrected chi connectivity index (χ4v) is 2.33. The molecule has 1 N–H and O–H groups in total. The molecule has 0 saturated carbocycles. The molecule has 0 unspecified atom stereocenters. The summed E-state index contributed by atoms with van der Waals surface area (Å²) in [5, 5.41) is 19.3. The third-order valence-electron chi connectivity index (χ3n) is 3.12. The van der Waals surface area contributed by atoms with Crippen LogP contribution in [0.5, 0.6) is 11.5 Å². The molecule has 6 heteroatoms. The highest BCUT2D eigenvalue weighted by molar-refractivity contribution is 6.32.